The number of rotatable bonds is 4. The van der Waals surface area contributed by atoms with Crippen molar-refractivity contribution in [2.75, 3.05) is 7.11 Å². The van der Waals surface area contributed by atoms with Gasteiger partial charge >= 0.3 is 0 Å². The molecule has 0 fully saturated rings. The molecule has 1 aromatic carbocycles. The van der Waals surface area contributed by atoms with Crippen LogP contribution in [0.1, 0.15) is 16.1 Å². The topological polar surface area (TPSA) is 107 Å². The fourth-order valence-electron chi connectivity index (χ4n) is 2.12. The highest BCUT2D eigenvalue weighted by Crippen LogP contribution is 2.28. The van der Waals surface area contributed by atoms with Gasteiger partial charge in [-0.05, 0) is 24.3 Å². The number of primary amides is 1. The lowest BCUT2D eigenvalue weighted by molar-refractivity contribution is 0.0995. The zero-order valence-electron chi connectivity index (χ0n) is 12.1. The van der Waals surface area contributed by atoms with Crippen LogP contribution < -0.4 is 11.1 Å². The van der Waals surface area contributed by atoms with Gasteiger partial charge < -0.3 is 15.8 Å². The van der Waals surface area contributed by atoms with Crippen molar-refractivity contribution in [3.63, 3.8) is 0 Å². The van der Waals surface area contributed by atoms with Gasteiger partial charge in [0, 0.05) is 17.7 Å². The maximum absolute atomic E-state index is 11.2. The lowest BCUT2D eigenvalue weighted by Gasteiger charge is -2.18. The molecule has 1 aliphatic heterocycles. The molecule has 1 aromatic heterocycles. The highest BCUT2D eigenvalue weighted by atomic mass is 35.5. The third-order valence-electron chi connectivity index (χ3n) is 3.23. The summed E-state index contributed by atoms with van der Waals surface area (Å²) >= 11 is 6.10. The van der Waals surface area contributed by atoms with Gasteiger partial charge in [0.25, 0.3) is 5.91 Å². The van der Waals surface area contributed by atoms with E-state index >= 15 is 0 Å². The van der Waals surface area contributed by atoms with E-state index in [1.807, 2.05) is 0 Å². The molecule has 1 atom stereocenters. The first-order chi connectivity index (χ1) is 11.1. The van der Waals surface area contributed by atoms with E-state index in [9.17, 15) is 4.79 Å². The molecular formula is C14H13ClN6O2. The zero-order chi connectivity index (χ0) is 16.4. The lowest BCUT2D eigenvalue weighted by Crippen LogP contribution is -2.30. The number of benzene rings is 1. The molecule has 1 amide bonds. The second-order valence-corrected chi connectivity index (χ2v) is 5.14. The maximum Gasteiger partial charge on any atom is 0.270 e. The van der Waals surface area contributed by atoms with E-state index in [-0.39, 0.29) is 11.9 Å². The lowest BCUT2D eigenvalue weighted by atomic mass is 10.1. The van der Waals surface area contributed by atoms with Crippen molar-refractivity contribution in [2.45, 2.75) is 6.23 Å². The average Bonchev–Trinajstić information content (AvgIpc) is 3.05. The molecule has 1 aliphatic rings. The van der Waals surface area contributed by atoms with Gasteiger partial charge in [0.05, 0.1) is 23.9 Å². The standard InChI is InChI=1S/C14H13ClN6O2/c1-23-13-5-10(17-7-18-13)9-4-8(15)2-3-12(9)21-6-11(14(16)22)19-20-21/h2-7,13H,1H3,(H2,16,22)(H,17,18). The van der Waals surface area contributed by atoms with E-state index in [1.165, 1.54) is 10.9 Å². The minimum atomic E-state index is -0.648. The molecule has 8 nitrogen and oxygen atoms in total. The predicted molar refractivity (Wildman–Crippen MR) is 85.3 cm³/mol. The molecule has 0 spiro atoms. The Bertz CT molecular complexity index is 813. The van der Waals surface area contributed by atoms with Crippen LogP contribution in [-0.4, -0.2) is 40.6 Å². The van der Waals surface area contributed by atoms with E-state index in [0.717, 1.165) is 5.56 Å². The number of methoxy groups -OCH3 is 1. The Morgan fingerprint density at radius 2 is 2.30 bits per heavy atom. The summed E-state index contributed by atoms with van der Waals surface area (Å²) in [5, 5.41) is 11.2. The number of aliphatic imine (C=N–C) groups is 1. The maximum atomic E-state index is 11.2. The van der Waals surface area contributed by atoms with E-state index in [0.29, 0.717) is 16.4 Å². The molecule has 3 N–H and O–H groups in total. The van der Waals surface area contributed by atoms with Crippen LogP contribution in [0.5, 0.6) is 0 Å². The number of nitrogens with one attached hydrogen (secondary N) is 1. The van der Waals surface area contributed by atoms with Crippen molar-refractivity contribution in [1.82, 2.24) is 20.3 Å². The summed E-state index contributed by atoms with van der Waals surface area (Å²) in [7, 11) is 1.58. The third kappa shape index (κ3) is 3.08. The van der Waals surface area contributed by atoms with E-state index in [1.54, 1.807) is 37.7 Å². The minimum absolute atomic E-state index is 0.0726. The van der Waals surface area contributed by atoms with Gasteiger partial charge in [0.1, 0.15) is 6.23 Å². The van der Waals surface area contributed by atoms with Gasteiger partial charge in [0.2, 0.25) is 0 Å². The SMILES string of the molecule is COC1C=C(c2cc(Cl)ccc2-n2cc(C(N)=O)nn2)N=CN1. The summed E-state index contributed by atoms with van der Waals surface area (Å²) in [6, 6.07) is 5.23. The van der Waals surface area contributed by atoms with Crippen LogP contribution in [0.3, 0.4) is 0 Å². The first kappa shape index (κ1) is 15.2. The van der Waals surface area contributed by atoms with Crippen LogP contribution in [0.15, 0.2) is 35.5 Å². The molecule has 2 aromatic rings. The molecule has 0 saturated carbocycles. The highest BCUT2D eigenvalue weighted by Gasteiger charge is 2.16. The first-order valence-corrected chi connectivity index (χ1v) is 7.02. The van der Waals surface area contributed by atoms with Gasteiger partial charge in [-0.25, -0.2) is 9.67 Å². The highest BCUT2D eigenvalue weighted by molar-refractivity contribution is 6.30. The minimum Gasteiger partial charge on any atom is -0.364 e. The molecule has 1 unspecified atom stereocenters. The van der Waals surface area contributed by atoms with Gasteiger partial charge in [-0.2, -0.15) is 0 Å². The summed E-state index contributed by atoms with van der Waals surface area (Å²) in [4.78, 5) is 15.5. The molecule has 0 radical (unpaired) electrons. The second kappa shape index (κ2) is 6.19. The number of nitrogens with zero attached hydrogens (tertiary/aromatic N) is 4. The van der Waals surface area contributed by atoms with Crippen molar-refractivity contribution in [3.8, 4) is 5.69 Å². The fraction of sp³-hybridized carbons (Fsp3) is 0.143. The summed E-state index contributed by atoms with van der Waals surface area (Å²) in [5.41, 5.74) is 7.32. The molecule has 9 heteroatoms. The van der Waals surface area contributed by atoms with Gasteiger partial charge in [0.15, 0.2) is 5.69 Å². The molecule has 2 heterocycles. The molecular weight excluding hydrogens is 320 g/mol. The molecule has 3 rings (SSSR count). The monoisotopic (exact) mass is 332 g/mol. The van der Waals surface area contributed by atoms with Crippen LogP contribution >= 0.6 is 11.6 Å². The number of hydrogen-bond acceptors (Lipinski definition) is 6. The Labute approximate surface area is 136 Å². The Hall–Kier alpha value is -2.71. The number of amides is 1. The quantitative estimate of drug-likeness (QED) is 0.867. The first-order valence-electron chi connectivity index (χ1n) is 6.64. The van der Waals surface area contributed by atoms with Gasteiger partial charge in [-0.1, -0.05) is 16.8 Å². The van der Waals surface area contributed by atoms with Gasteiger partial charge in [-0.15, -0.1) is 5.10 Å². The Morgan fingerprint density at radius 1 is 1.48 bits per heavy atom. The Kier molecular flexibility index (Phi) is 4.09. The average molecular weight is 333 g/mol. The Morgan fingerprint density at radius 3 is 3.00 bits per heavy atom. The van der Waals surface area contributed by atoms with Crippen LogP contribution in [0, 0.1) is 0 Å². The van der Waals surface area contributed by atoms with Crippen LogP contribution in [-0.2, 0) is 4.74 Å². The zero-order valence-corrected chi connectivity index (χ0v) is 12.9. The van der Waals surface area contributed by atoms with Crippen molar-refractivity contribution in [2.24, 2.45) is 10.7 Å². The van der Waals surface area contributed by atoms with Gasteiger partial charge in [-0.3, -0.25) is 4.79 Å². The van der Waals surface area contributed by atoms with Crippen LogP contribution in [0.25, 0.3) is 11.4 Å². The van der Waals surface area contributed by atoms with Crippen LogP contribution in [0.4, 0.5) is 0 Å². The smallest absolute Gasteiger partial charge is 0.270 e. The number of halogens is 1. The van der Waals surface area contributed by atoms with Crippen molar-refractivity contribution in [3.05, 3.63) is 46.8 Å². The number of ether oxygens (including phenoxy) is 1. The van der Waals surface area contributed by atoms with Crippen molar-refractivity contribution < 1.29 is 9.53 Å². The Balaban J connectivity index is 2.09. The number of hydrogen-bond donors (Lipinski definition) is 2. The second-order valence-electron chi connectivity index (χ2n) is 4.71. The third-order valence-corrected chi connectivity index (χ3v) is 3.47. The molecule has 23 heavy (non-hydrogen) atoms. The van der Waals surface area contributed by atoms with E-state index in [4.69, 9.17) is 22.1 Å². The molecule has 118 valence electrons. The largest absolute Gasteiger partial charge is 0.364 e. The summed E-state index contributed by atoms with van der Waals surface area (Å²) in [5.74, 6) is -0.648. The summed E-state index contributed by atoms with van der Waals surface area (Å²) in [6.45, 7) is 0. The normalized spacial score (nSPS) is 16.8. The summed E-state index contributed by atoms with van der Waals surface area (Å²) in [6.07, 6.45) is 4.51. The summed E-state index contributed by atoms with van der Waals surface area (Å²) < 4.78 is 6.70. The van der Waals surface area contributed by atoms with Crippen molar-refractivity contribution >= 4 is 29.5 Å². The molecule has 0 saturated heterocycles. The number of carbonyl (C=O) groups excluding carboxylic acids is 1. The van der Waals surface area contributed by atoms with E-state index in [2.05, 4.69) is 20.6 Å². The number of aromatic nitrogens is 3. The predicted octanol–water partition coefficient (Wildman–Crippen LogP) is 0.964. The van der Waals surface area contributed by atoms with Crippen molar-refractivity contribution in [1.29, 1.82) is 0 Å². The number of nitrogens with two attached hydrogens (primary N) is 1. The number of carbonyl (C=O) groups is 1. The fourth-order valence-corrected chi connectivity index (χ4v) is 2.29. The molecule has 0 bridgehead atoms. The van der Waals surface area contributed by atoms with Crippen LogP contribution in [0.2, 0.25) is 5.02 Å². The van der Waals surface area contributed by atoms with E-state index < -0.39 is 5.91 Å². The molecule has 0 aliphatic carbocycles.